The SMILES string of the molecule is CCc1cc2c(C#N)c(-c3ccc(CNC(C)C(F)(F)F)cn3)n(C3CCC3)c2cc1OC(F)F. The van der Waals surface area contributed by atoms with Crippen LogP contribution >= 0.6 is 0 Å². The lowest BCUT2D eigenvalue weighted by atomic mass is 9.92. The summed E-state index contributed by atoms with van der Waals surface area (Å²) >= 11 is 0. The molecule has 0 aliphatic heterocycles. The molecule has 4 rings (SSSR count). The molecule has 0 saturated heterocycles. The van der Waals surface area contributed by atoms with Gasteiger partial charge >= 0.3 is 12.8 Å². The Hall–Kier alpha value is -3.19. The number of hydrogen-bond donors (Lipinski definition) is 1. The Morgan fingerprint density at radius 2 is 2.00 bits per heavy atom. The first-order valence-corrected chi connectivity index (χ1v) is 11.4. The van der Waals surface area contributed by atoms with Crippen molar-refractivity contribution in [2.24, 2.45) is 0 Å². The average Bonchev–Trinajstić information content (AvgIpc) is 3.07. The molecule has 10 heteroatoms. The number of benzene rings is 1. The van der Waals surface area contributed by atoms with Crippen LogP contribution in [0.2, 0.25) is 0 Å². The molecule has 5 nitrogen and oxygen atoms in total. The number of nitrogens with one attached hydrogen (secondary N) is 1. The molecule has 1 unspecified atom stereocenters. The molecule has 1 aromatic carbocycles. The number of ether oxygens (including phenoxy) is 1. The lowest BCUT2D eigenvalue weighted by molar-refractivity contribution is -0.151. The van der Waals surface area contributed by atoms with Gasteiger partial charge in [0.15, 0.2) is 0 Å². The van der Waals surface area contributed by atoms with Gasteiger partial charge in [-0.2, -0.15) is 27.2 Å². The average molecular weight is 492 g/mol. The van der Waals surface area contributed by atoms with Gasteiger partial charge in [-0.15, -0.1) is 0 Å². The maximum absolute atomic E-state index is 13.0. The van der Waals surface area contributed by atoms with Crippen LogP contribution in [-0.2, 0) is 13.0 Å². The van der Waals surface area contributed by atoms with E-state index in [1.165, 1.54) is 6.20 Å². The zero-order valence-corrected chi connectivity index (χ0v) is 19.3. The summed E-state index contributed by atoms with van der Waals surface area (Å²) in [7, 11) is 0. The number of hydrogen-bond acceptors (Lipinski definition) is 4. The predicted molar refractivity (Wildman–Crippen MR) is 121 cm³/mol. The van der Waals surface area contributed by atoms with Crippen molar-refractivity contribution in [1.29, 1.82) is 5.26 Å². The van der Waals surface area contributed by atoms with Gasteiger partial charge in [-0.05, 0) is 55.9 Å². The molecule has 1 saturated carbocycles. The fourth-order valence-electron chi connectivity index (χ4n) is 4.31. The van der Waals surface area contributed by atoms with Crippen LogP contribution in [0.25, 0.3) is 22.3 Å². The van der Waals surface area contributed by atoms with Gasteiger partial charge in [0.25, 0.3) is 0 Å². The van der Waals surface area contributed by atoms with Crippen molar-refractivity contribution in [2.75, 3.05) is 0 Å². The number of fused-ring (bicyclic) bond motifs is 1. The van der Waals surface area contributed by atoms with E-state index >= 15 is 0 Å². The van der Waals surface area contributed by atoms with Crippen molar-refractivity contribution in [2.45, 2.75) is 70.9 Å². The van der Waals surface area contributed by atoms with Crippen LogP contribution in [0.3, 0.4) is 0 Å². The summed E-state index contributed by atoms with van der Waals surface area (Å²) in [6.45, 7) is -0.112. The highest BCUT2D eigenvalue weighted by atomic mass is 19.4. The highest BCUT2D eigenvalue weighted by Gasteiger charge is 2.35. The van der Waals surface area contributed by atoms with E-state index in [9.17, 15) is 27.2 Å². The molecule has 0 bridgehead atoms. The van der Waals surface area contributed by atoms with Crippen LogP contribution in [0.5, 0.6) is 5.75 Å². The monoisotopic (exact) mass is 492 g/mol. The molecule has 2 heterocycles. The van der Waals surface area contributed by atoms with Gasteiger partial charge in [-0.1, -0.05) is 13.0 Å². The van der Waals surface area contributed by atoms with E-state index in [1.807, 2.05) is 11.5 Å². The minimum absolute atomic E-state index is 0.0150. The van der Waals surface area contributed by atoms with Crippen molar-refractivity contribution in [3.05, 3.63) is 47.2 Å². The van der Waals surface area contributed by atoms with E-state index in [4.69, 9.17) is 4.74 Å². The largest absolute Gasteiger partial charge is 0.434 e. The molecule has 1 aliphatic carbocycles. The summed E-state index contributed by atoms with van der Waals surface area (Å²) in [6.07, 6.45) is 0.345. The normalized spacial score (nSPS) is 15.3. The van der Waals surface area contributed by atoms with E-state index in [0.717, 1.165) is 26.2 Å². The van der Waals surface area contributed by atoms with Gasteiger partial charge in [0, 0.05) is 30.2 Å². The number of alkyl halides is 5. The zero-order valence-electron chi connectivity index (χ0n) is 19.3. The van der Waals surface area contributed by atoms with Gasteiger partial charge in [0.1, 0.15) is 17.9 Å². The fraction of sp³-hybridized carbons (Fsp3) is 0.440. The highest BCUT2D eigenvalue weighted by molar-refractivity contribution is 5.95. The molecule has 35 heavy (non-hydrogen) atoms. The molecule has 0 radical (unpaired) electrons. The molecule has 1 atom stereocenters. The Kier molecular flexibility index (Phi) is 6.99. The Morgan fingerprint density at radius 1 is 1.26 bits per heavy atom. The fourth-order valence-corrected chi connectivity index (χ4v) is 4.31. The smallest absolute Gasteiger partial charge is 0.403 e. The predicted octanol–water partition coefficient (Wildman–Crippen LogP) is 6.50. The summed E-state index contributed by atoms with van der Waals surface area (Å²) in [5, 5.41) is 13.1. The minimum Gasteiger partial charge on any atom is -0.434 e. The van der Waals surface area contributed by atoms with Crippen molar-refractivity contribution < 1.29 is 26.7 Å². The summed E-state index contributed by atoms with van der Waals surface area (Å²) in [5.41, 5.74) is 3.21. The molecule has 186 valence electrons. The number of rotatable bonds is 8. The van der Waals surface area contributed by atoms with Crippen molar-refractivity contribution in [3.63, 3.8) is 0 Å². The molecular formula is C25H25F5N4O. The number of nitrogens with zero attached hydrogens (tertiary/aromatic N) is 3. The second-order valence-electron chi connectivity index (χ2n) is 8.70. The Labute approximate surface area is 199 Å². The second kappa shape index (κ2) is 9.82. The van der Waals surface area contributed by atoms with Crippen LogP contribution in [0.15, 0.2) is 30.5 Å². The van der Waals surface area contributed by atoms with Crippen molar-refractivity contribution in [1.82, 2.24) is 14.9 Å². The number of aromatic nitrogens is 2. The third-order valence-corrected chi connectivity index (χ3v) is 6.50. The van der Waals surface area contributed by atoms with Crippen LogP contribution in [0.1, 0.15) is 55.8 Å². The topological polar surface area (TPSA) is 62.9 Å². The molecule has 1 aliphatic rings. The van der Waals surface area contributed by atoms with Crippen LogP contribution < -0.4 is 10.1 Å². The van der Waals surface area contributed by atoms with Gasteiger partial charge < -0.3 is 14.6 Å². The first-order chi connectivity index (χ1) is 16.6. The van der Waals surface area contributed by atoms with Gasteiger partial charge in [-0.25, -0.2) is 0 Å². The summed E-state index contributed by atoms with van der Waals surface area (Å²) in [6, 6.07) is 7.32. The maximum atomic E-state index is 13.0. The van der Waals surface area contributed by atoms with E-state index in [0.29, 0.717) is 45.4 Å². The second-order valence-corrected chi connectivity index (χ2v) is 8.70. The number of nitriles is 1. The van der Waals surface area contributed by atoms with Crippen LogP contribution in [-0.4, -0.2) is 28.4 Å². The molecule has 1 fully saturated rings. The van der Waals surface area contributed by atoms with Gasteiger partial charge in [0.2, 0.25) is 0 Å². The van der Waals surface area contributed by atoms with E-state index in [1.54, 1.807) is 24.3 Å². The number of halogens is 5. The van der Waals surface area contributed by atoms with E-state index < -0.39 is 18.8 Å². The molecule has 1 N–H and O–H groups in total. The standard InChI is InChI=1S/C25H25F5N4O/c1-3-16-9-18-19(11-31)23(20-8-7-15(13-33-20)12-32-14(2)25(28,29)30)34(17-5-4-6-17)21(18)10-22(16)35-24(26)27/h7-10,13-14,17,24,32H,3-6,12H2,1-2H3. The van der Waals surface area contributed by atoms with Crippen LogP contribution in [0, 0.1) is 11.3 Å². The summed E-state index contributed by atoms with van der Waals surface area (Å²) in [4.78, 5) is 4.46. The third-order valence-electron chi connectivity index (χ3n) is 6.50. The van der Waals surface area contributed by atoms with Gasteiger partial charge in [0.05, 0.1) is 22.5 Å². The quantitative estimate of drug-likeness (QED) is 0.365. The van der Waals surface area contributed by atoms with Crippen LogP contribution in [0.4, 0.5) is 22.0 Å². The molecule has 0 spiro atoms. The third kappa shape index (κ3) is 4.96. The lowest BCUT2D eigenvalue weighted by Crippen LogP contribution is -2.39. The molecular weight excluding hydrogens is 467 g/mol. The minimum atomic E-state index is -4.34. The number of aryl methyl sites for hydroxylation is 1. The van der Waals surface area contributed by atoms with E-state index in [2.05, 4.69) is 16.4 Å². The van der Waals surface area contributed by atoms with Crippen molar-refractivity contribution in [3.8, 4) is 23.2 Å². The maximum Gasteiger partial charge on any atom is 0.403 e. The van der Waals surface area contributed by atoms with Crippen molar-refractivity contribution >= 4 is 10.9 Å². The molecule has 0 amide bonds. The first-order valence-electron chi connectivity index (χ1n) is 11.4. The number of pyridine rings is 1. The Morgan fingerprint density at radius 3 is 2.51 bits per heavy atom. The molecule has 3 aromatic rings. The Balaban J connectivity index is 1.78. The zero-order chi connectivity index (χ0) is 25.3. The highest BCUT2D eigenvalue weighted by Crippen LogP contribution is 2.44. The summed E-state index contributed by atoms with van der Waals surface area (Å²) < 4.78 is 71.2. The molecule has 2 aromatic heterocycles. The lowest BCUT2D eigenvalue weighted by Gasteiger charge is -2.30. The first kappa shape index (κ1) is 24.9. The van der Waals surface area contributed by atoms with Gasteiger partial charge in [-0.3, -0.25) is 4.98 Å². The van der Waals surface area contributed by atoms with E-state index in [-0.39, 0.29) is 18.3 Å². The Bertz CT molecular complexity index is 1240. The summed E-state index contributed by atoms with van der Waals surface area (Å²) in [5.74, 6) is 0.0808.